The van der Waals surface area contributed by atoms with E-state index in [9.17, 15) is 0 Å². The van der Waals surface area contributed by atoms with Gasteiger partial charge in [-0.15, -0.1) is 11.6 Å². The predicted octanol–water partition coefficient (Wildman–Crippen LogP) is 3.32. The lowest BCUT2D eigenvalue weighted by molar-refractivity contribution is 1.32. The second-order valence-corrected chi connectivity index (χ2v) is 10.8. The third-order valence-electron chi connectivity index (χ3n) is 4.28. The lowest BCUT2D eigenvalue weighted by atomic mass is 10.3. The minimum Gasteiger partial charge on any atom is -0.126 e. The highest BCUT2D eigenvalue weighted by Crippen LogP contribution is 2.16. The molecule has 0 saturated heterocycles. The maximum Gasteiger partial charge on any atom is 0.165 e. The molecule has 0 aromatic heterocycles. The Hall–Kier alpha value is -1.83. The highest BCUT2D eigenvalue weighted by molar-refractivity contribution is 7.15. The Labute approximate surface area is 138 Å². The van der Waals surface area contributed by atoms with Crippen molar-refractivity contribution in [3.05, 3.63) is 91.0 Å². The summed E-state index contributed by atoms with van der Waals surface area (Å²) in [7, 11) is -2.24. The van der Waals surface area contributed by atoms with Gasteiger partial charge in [0.25, 0.3) is 0 Å². The summed E-state index contributed by atoms with van der Waals surface area (Å²) in [5.74, 6) is 0. The zero-order valence-electron chi connectivity index (χ0n) is 12.6. The molecule has 0 saturated carbocycles. The number of rotatable bonds is 4. The second kappa shape index (κ2) is 6.51. The average molecular weight is 323 g/mol. The Morgan fingerprint density at radius 1 is 0.591 bits per heavy atom. The highest BCUT2D eigenvalue weighted by atomic mass is 35.5. The maximum absolute atomic E-state index is 6.87. The lowest BCUT2D eigenvalue weighted by Crippen LogP contribution is -2.72. The summed E-state index contributed by atoms with van der Waals surface area (Å²) < 4.78 is 0. The average Bonchev–Trinajstić information content (AvgIpc) is 2.58. The van der Waals surface area contributed by atoms with E-state index >= 15 is 0 Å². The van der Waals surface area contributed by atoms with Crippen molar-refractivity contribution in [1.29, 1.82) is 0 Å². The zero-order chi connectivity index (χ0) is 15.4. The fourth-order valence-electron chi connectivity index (χ4n) is 3.29. The van der Waals surface area contributed by atoms with Gasteiger partial charge in [-0.25, -0.2) is 0 Å². The predicted molar refractivity (Wildman–Crippen MR) is 99.3 cm³/mol. The SMILES string of the molecule is C[C@@H](Cl)[Si](c1ccccc1)(c1ccccc1)c1ccccc1. The molecule has 0 nitrogen and oxygen atoms in total. The van der Waals surface area contributed by atoms with Gasteiger partial charge in [-0.05, 0) is 15.6 Å². The molecule has 1 atom stereocenters. The van der Waals surface area contributed by atoms with Crippen LogP contribution in [0.1, 0.15) is 6.92 Å². The molecule has 3 aromatic rings. The van der Waals surface area contributed by atoms with Gasteiger partial charge in [-0.1, -0.05) is 97.9 Å². The Bertz CT molecular complexity index is 612. The number of alkyl halides is 1. The van der Waals surface area contributed by atoms with Gasteiger partial charge in [-0.3, -0.25) is 0 Å². The molecule has 0 amide bonds. The Morgan fingerprint density at radius 2 is 0.864 bits per heavy atom. The molecule has 110 valence electrons. The first-order chi connectivity index (χ1) is 10.8. The van der Waals surface area contributed by atoms with E-state index in [1.165, 1.54) is 15.6 Å². The molecule has 0 aliphatic rings. The van der Waals surface area contributed by atoms with Crippen LogP contribution in [0.5, 0.6) is 0 Å². The smallest absolute Gasteiger partial charge is 0.126 e. The minimum atomic E-state index is -2.24. The first kappa shape index (κ1) is 15.1. The number of halogens is 1. The Balaban J connectivity index is 2.34. The van der Waals surface area contributed by atoms with Gasteiger partial charge in [0.05, 0.1) is 0 Å². The van der Waals surface area contributed by atoms with E-state index < -0.39 is 8.07 Å². The normalized spacial score (nSPS) is 12.8. The van der Waals surface area contributed by atoms with Gasteiger partial charge in [-0.2, -0.15) is 0 Å². The topological polar surface area (TPSA) is 0 Å². The summed E-state index contributed by atoms with van der Waals surface area (Å²) in [4.78, 5) is 0. The summed E-state index contributed by atoms with van der Waals surface area (Å²) in [6.07, 6.45) is 0. The molecule has 0 radical (unpaired) electrons. The molecule has 22 heavy (non-hydrogen) atoms. The maximum atomic E-state index is 6.87. The third kappa shape index (κ3) is 2.51. The summed E-state index contributed by atoms with van der Waals surface area (Å²) in [5.41, 5.74) is 0. The van der Waals surface area contributed by atoms with E-state index in [1.807, 2.05) is 0 Å². The second-order valence-electron chi connectivity index (χ2n) is 5.52. The summed E-state index contributed by atoms with van der Waals surface area (Å²) >= 11 is 6.87. The van der Waals surface area contributed by atoms with E-state index in [2.05, 4.69) is 97.9 Å². The molecular weight excluding hydrogens is 304 g/mol. The van der Waals surface area contributed by atoms with Crippen molar-refractivity contribution in [1.82, 2.24) is 0 Å². The van der Waals surface area contributed by atoms with Crippen LogP contribution in [-0.4, -0.2) is 13.1 Å². The minimum absolute atomic E-state index is 0.0553. The monoisotopic (exact) mass is 322 g/mol. The Kier molecular flexibility index (Phi) is 4.46. The largest absolute Gasteiger partial charge is 0.165 e. The van der Waals surface area contributed by atoms with Crippen molar-refractivity contribution < 1.29 is 0 Å². The molecule has 0 unspecified atom stereocenters. The molecule has 3 aromatic carbocycles. The number of hydrogen-bond donors (Lipinski definition) is 0. The quantitative estimate of drug-likeness (QED) is 0.393. The van der Waals surface area contributed by atoms with Crippen LogP contribution in [0.3, 0.4) is 0 Å². The number of benzene rings is 3. The molecule has 3 rings (SSSR count). The van der Waals surface area contributed by atoms with Gasteiger partial charge in [0.15, 0.2) is 8.07 Å². The molecule has 0 aliphatic carbocycles. The number of hydrogen-bond acceptors (Lipinski definition) is 0. The van der Waals surface area contributed by atoms with Crippen LogP contribution in [0.15, 0.2) is 91.0 Å². The van der Waals surface area contributed by atoms with Gasteiger partial charge < -0.3 is 0 Å². The first-order valence-corrected chi connectivity index (χ1v) is 10.1. The van der Waals surface area contributed by atoms with Crippen molar-refractivity contribution >= 4 is 35.2 Å². The standard InChI is InChI=1S/C20H19ClSi/c1-17(21)22(18-11-5-2-6-12-18,19-13-7-3-8-14-19)20-15-9-4-10-16-20/h2-17H,1H3/t17-/m0/s1. The van der Waals surface area contributed by atoms with E-state index in [1.54, 1.807) is 0 Å². The van der Waals surface area contributed by atoms with Gasteiger partial charge in [0, 0.05) is 5.00 Å². The summed E-state index contributed by atoms with van der Waals surface area (Å²) in [5, 5.41) is 4.12. The molecule has 0 heterocycles. The molecule has 0 aliphatic heterocycles. The van der Waals surface area contributed by atoms with Crippen LogP contribution >= 0.6 is 11.6 Å². The fourth-order valence-corrected chi connectivity index (χ4v) is 8.96. The van der Waals surface area contributed by atoms with Crippen LogP contribution in [-0.2, 0) is 0 Å². The Morgan fingerprint density at radius 3 is 1.09 bits per heavy atom. The van der Waals surface area contributed by atoms with E-state index in [0.29, 0.717) is 0 Å². The van der Waals surface area contributed by atoms with Gasteiger partial charge in [0.2, 0.25) is 0 Å². The molecule has 0 fully saturated rings. The fraction of sp³-hybridized carbons (Fsp3) is 0.100. The van der Waals surface area contributed by atoms with Crippen LogP contribution in [0.2, 0.25) is 0 Å². The third-order valence-corrected chi connectivity index (χ3v) is 10.2. The van der Waals surface area contributed by atoms with Crippen molar-refractivity contribution in [3.63, 3.8) is 0 Å². The molecule has 0 N–H and O–H groups in total. The first-order valence-electron chi connectivity index (χ1n) is 7.57. The highest BCUT2D eigenvalue weighted by Gasteiger charge is 2.43. The molecule has 0 bridgehead atoms. The van der Waals surface area contributed by atoms with E-state index in [4.69, 9.17) is 11.6 Å². The van der Waals surface area contributed by atoms with Crippen LogP contribution < -0.4 is 15.6 Å². The summed E-state index contributed by atoms with van der Waals surface area (Å²) in [6, 6.07) is 32.2. The van der Waals surface area contributed by atoms with Crippen LogP contribution in [0, 0.1) is 0 Å². The van der Waals surface area contributed by atoms with Gasteiger partial charge >= 0.3 is 0 Å². The van der Waals surface area contributed by atoms with Gasteiger partial charge in [0.1, 0.15) is 0 Å². The van der Waals surface area contributed by atoms with Crippen molar-refractivity contribution in [2.45, 2.75) is 11.9 Å². The van der Waals surface area contributed by atoms with E-state index in [0.717, 1.165) is 0 Å². The lowest BCUT2D eigenvalue weighted by Gasteiger charge is -2.36. The van der Waals surface area contributed by atoms with Crippen molar-refractivity contribution in [2.24, 2.45) is 0 Å². The zero-order valence-corrected chi connectivity index (χ0v) is 14.4. The van der Waals surface area contributed by atoms with Crippen molar-refractivity contribution in [3.8, 4) is 0 Å². The van der Waals surface area contributed by atoms with Crippen LogP contribution in [0.25, 0.3) is 0 Å². The van der Waals surface area contributed by atoms with E-state index in [-0.39, 0.29) is 5.00 Å². The molecule has 2 heteroatoms. The van der Waals surface area contributed by atoms with Crippen LogP contribution in [0.4, 0.5) is 0 Å². The molecule has 0 spiro atoms. The summed E-state index contributed by atoms with van der Waals surface area (Å²) in [6.45, 7) is 2.14. The molecular formula is C20H19ClSi. The van der Waals surface area contributed by atoms with Crippen molar-refractivity contribution in [2.75, 3.05) is 0 Å².